The van der Waals surface area contributed by atoms with Crippen LogP contribution >= 0.6 is 11.6 Å². The minimum absolute atomic E-state index is 0.0248. The van der Waals surface area contributed by atoms with Crippen LogP contribution in [0.15, 0.2) is 88.6 Å². The molecule has 4 aromatic rings. The lowest BCUT2D eigenvalue weighted by Gasteiger charge is -2.26. The van der Waals surface area contributed by atoms with Crippen molar-refractivity contribution in [3.05, 3.63) is 116 Å². The van der Waals surface area contributed by atoms with Crippen molar-refractivity contribution in [3.63, 3.8) is 0 Å². The molecule has 10 heteroatoms. The first-order chi connectivity index (χ1) is 16.9. The predicted octanol–water partition coefficient (Wildman–Crippen LogP) is 2.86. The van der Waals surface area contributed by atoms with Gasteiger partial charge in [0.1, 0.15) is 11.5 Å². The molecule has 0 bridgehead atoms. The molecule has 2 aromatic carbocycles. The fourth-order valence-corrected chi connectivity index (χ4v) is 3.83. The van der Waals surface area contributed by atoms with Gasteiger partial charge in [0, 0.05) is 12.7 Å². The number of rotatable bonds is 8. The molecular weight excluding hydrogens is 468 g/mol. The Morgan fingerprint density at radius 3 is 2.31 bits per heavy atom. The molecule has 2 aromatic heterocycles. The van der Waals surface area contributed by atoms with Crippen LogP contribution in [0.5, 0.6) is 0 Å². The van der Waals surface area contributed by atoms with Gasteiger partial charge in [0.25, 0.3) is 5.56 Å². The highest BCUT2D eigenvalue weighted by molar-refractivity contribution is 6.32. The molecule has 178 valence electrons. The standard InChI is InChI=1S/C25H23ClN6O3/c26-22-19(12-7-13-28-22)29-20(33)16-31(14-17-8-3-1-4-9-17)21-23(27)32(25(35)30-24(21)34)15-18-10-5-2-6-11-18/h1-13H,14-16,27H2,(H,29,33)(H,30,34,35). The first-order valence-corrected chi connectivity index (χ1v) is 11.2. The van der Waals surface area contributed by atoms with Crippen LogP contribution in [-0.4, -0.2) is 27.0 Å². The Kier molecular flexibility index (Phi) is 7.27. The number of anilines is 3. The van der Waals surface area contributed by atoms with Gasteiger partial charge in [0.2, 0.25) is 5.91 Å². The van der Waals surface area contributed by atoms with E-state index in [4.69, 9.17) is 17.3 Å². The third kappa shape index (κ3) is 5.77. The normalized spacial score (nSPS) is 10.7. The van der Waals surface area contributed by atoms with Crippen LogP contribution in [-0.2, 0) is 17.9 Å². The molecule has 0 fully saturated rings. The number of hydrogen-bond donors (Lipinski definition) is 3. The van der Waals surface area contributed by atoms with Gasteiger partial charge in [-0.3, -0.25) is 19.1 Å². The Morgan fingerprint density at radius 1 is 1.00 bits per heavy atom. The number of nitrogens with one attached hydrogen (secondary N) is 2. The zero-order chi connectivity index (χ0) is 24.8. The Labute approximate surface area is 205 Å². The molecule has 9 nitrogen and oxygen atoms in total. The quantitative estimate of drug-likeness (QED) is 0.326. The number of pyridine rings is 1. The number of nitrogens with two attached hydrogens (primary N) is 1. The molecule has 0 atom stereocenters. The summed E-state index contributed by atoms with van der Waals surface area (Å²) in [5.41, 5.74) is 7.11. The van der Waals surface area contributed by atoms with Crippen LogP contribution in [0.25, 0.3) is 0 Å². The molecule has 0 spiro atoms. The molecule has 0 radical (unpaired) electrons. The second kappa shape index (κ2) is 10.7. The van der Waals surface area contributed by atoms with Gasteiger partial charge in [-0.25, -0.2) is 9.78 Å². The average molecular weight is 491 g/mol. The molecular formula is C25H23ClN6O3. The zero-order valence-electron chi connectivity index (χ0n) is 18.6. The summed E-state index contributed by atoms with van der Waals surface area (Å²) in [6, 6.07) is 21.8. The third-order valence-electron chi connectivity index (χ3n) is 5.30. The van der Waals surface area contributed by atoms with E-state index in [0.717, 1.165) is 11.1 Å². The van der Waals surface area contributed by atoms with E-state index in [9.17, 15) is 14.4 Å². The number of aromatic amines is 1. The van der Waals surface area contributed by atoms with Crippen LogP contribution in [0, 0.1) is 0 Å². The summed E-state index contributed by atoms with van der Waals surface area (Å²) >= 11 is 6.06. The highest BCUT2D eigenvalue weighted by Gasteiger charge is 2.22. The van der Waals surface area contributed by atoms with Crippen LogP contribution < -0.4 is 27.2 Å². The van der Waals surface area contributed by atoms with E-state index in [0.29, 0.717) is 5.69 Å². The molecule has 0 saturated carbocycles. The Morgan fingerprint density at radius 2 is 1.66 bits per heavy atom. The maximum absolute atomic E-state index is 12.9. The van der Waals surface area contributed by atoms with Crippen molar-refractivity contribution in [2.24, 2.45) is 0 Å². The lowest BCUT2D eigenvalue weighted by Crippen LogP contribution is -2.41. The first-order valence-electron chi connectivity index (χ1n) is 10.8. The van der Waals surface area contributed by atoms with Crippen molar-refractivity contribution in [1.82, 2.24) is 14.5 Å². The molecule has 0 aliphatic heterocycles. The van der Waals surface area contributed by atoms with Gasteiger partial charge in [0.15, 0.2) is 5.15 Å². The maximum atomic E-state index is 12.9. The topological polar surface area (TPSA) is 126 Å². The molecule has 0 unspecified atom stereocenters. The summed E-state index contributed by atoms with van der Waals surface area (Å²) in [5.74, 6) is -0.471. The van der Waals surface area contributed by atoms with Gasteiger partial charge in [-0.2, -0.15) is 0 Å². The fraction of sp³-hybridized carbons (Fsp3) is 0.120. The van der Waals surface area contributed by atoms with Crippen molar-refractivity contribution in [2.75, 3.05) is 22.5 Å². The number of nitrogen functional groups attached to an aromatic ring is 1. The lowest BCUT2D eigenvalue weighted by atomic mass is 10.2. The van der Waals surface area contributed by atoms with Crippen LogP contribution in [0.3, 0.4) is 0 Å². The Bertz CT molecular complexity index is 1440. The molecule has 4 N–H and O–H groups in total. The number of benzene rings is 2. The van der Waals surface area contributed by atoms with E-state index < -0.39 is 17.2 Å². The van der Waals surface area contributed by atoms with Crippen molar-refractivity contribution in [1.29, 1.82) is 0 Å². The number of hydrogen-bond acceptors (Lipinski definition) is 6. The van der Waals surface area contributed by atoms with Crippen molar-refractivity contribution < 1.29 is 4.79 Å². The van der Waals surface area contributed by atoms with E-state index in [2.05, 4.69) is 15.3 Å². The molecule has 1 amide bonds. The second-order valence-electron chi connectivity index (χ2n) is 7.80. The van der Waals surface area contributed by atoms with E-state index in [1.54, 1.807) is 12.1 Å². The first kappa shape index (κ1) is 23.8. The molecule has 35 heavy (non-hydrogen) atoms. The summed E-state index contributed by atoms with van der Waals surface area (Å²) in [5, 5.41) is 2.85. The number of H-pyrrole nitrogens is 1. The van der Waals surface area contributed by atoms with Crippen LogP contribution in [0.1, 0.15) is 11.1 Å². The smallest absolute Gasteiger partial charge is 0.330 e. The molecule has 0 aliphatic rings. The largest absolute Gasteiger partial charge is 0.383 e. The van der Waals surface area contributed by atoms with Crippen molar-refractivity contribution in [3.8, 4) is 0 Å². The molecule has 0 saturated heterocycles. The number of nitrogens with zero attached hydrogens (tertiary/aromatic N) is 3. The Balaban J connectivity index is 1.71. The summed E-state index contributed by atoms with van der Waals surface area (Å²) in [7, 11) is 0. The average Bonchev–Trinajstić information content (AvgIpc) is 2.84. The van der Waals surface area contributed by atoms with E-state index in [-0.39, 0.29) is 36.3 Å². The summed E-state index contributed by atoms with van der Waals surface area (Å²) in [6.07, 6.45) is 1.51. The Hall–Kier alpha value is -4.37. The summed E-state index contributed by atoms with van der Waals surface area (Å²) in [6.45, 7) is 0.134. The minimum Gasteiger partial charge on any atom is -0.383 e. The van der Waals surface area contributed by atoms with Crippen LogP contribution in [0.2, 0.25) is 5.15 Å². The summed E-state index contributed by atoms with van der Waals surface area (Å²) in [4.78, 5) is 46.3. The van der Waals surface area contributed by atoms with Gasteiger partial charge in [-0.1, -0.05) is 72.3 Å². The monoisotopic (exact) mass is 490 g/mol. The van der Waals surface area contributed by atoms with E-state index >= 15 is 0 Å². The highest BCUT2D eigenvalue weighted by atomic mass is 35.5. The van der Waals surface area contributed by atoms with Gasteiger partial charge >= 0.3 is 5.69 Å². The van der Waals surface area contributed by atoms with Gasteiger partial charge < -0.3 is 16.0 Å². The molecule has 0 aliphatic carbocycles. The number of halogens is 1. The lowest BCUT2D eigenvalue weighted by molar-refractivity contribution is -0.115. The SMILES string of the molecule is Nc1c(N(CC(=O)Nc2cccnc2Cl)Cc2ccccc2)c(=O)[nH]c(=O)n1Cc1ccccc1. The molecule has 4 rings (SSSR count). The zero-order valence-corrected chi connectivity index (χ0v) is 19.4. The second-order valence-corrected chi connectivity index (χ2v) is 8.15. The van der Waals surface area contributed by atoms with Gasteiger partial charge in [0.05, 0.1) is 18.8 Å². The van der Waals surface area contributed by atoms with E-state index in [1.807, 2.05) is 60.7 Å². The van der Waals surface area contributed by atoms with Crippen LogP contribution in [0.4, 0.5) is 17.2 Å². The number of carbonyl (C=O) groups is 1. The number of carbonyl (C=O) groups excluding carboxylic acids is 1. The molecule has 2 heterocycles. The maximum Gasteiger partial charge on any atom is 0.330 e. The van der Waals surface area contributed by atoms with Gasteiger partial charge in [-0.05, 0) is 23.3 Å². The van der Waals surface area contributed by atoms with Gasteiger partial charge in [-0.15, -0.1) is 0 Å². The van der Waals surface area contributed by atoms with Crippen molar-refractivity contribution >= 4 is 34.7 Å². The van der Waals surface area contributed by atoms with E-state index in [1.165, 1.54) is 15.7 Å². The predicted molar refractivity (Wildman–Crippen MR) is 137 cm³/mol. The summed E-state index contributed by atoms with van der Waals surface area (Å²) < 4.78 is 1.28. The third-order valence-corrected chi connectivity index (χ3v) is 5.60. The minimum atomic E-state index is -0.681. The highest BCUT2D eigenvalue weighted by Crippen LogP contribution is 2.21. The number of amides is 1. The van der Waals surface area contributed by atoms with Crippen molar-refractivity contribution in [2.45, 2.75) is 13.1 Å². The fourth-order valence-electron chi connectivity index (χ4n) is 3.67. The number of aromatic nitrogens is 3.